The molecule has 1 aliphatic heterocycles. The molecule has 2 heterocycles. The molecule has 160 valence electrons. The lowest BCUT2D eigenvalue weighted by Gasteiger charge is -2.24. The molecule has 4 rings (SSSR count). The van der Waals surface area contributed by atoms with E-state index in [1.807, 2.05) is 43.6 Å². The quantitative estimate of drug-likeness (QED) is 0.622. The number of nitrogens with one attached hydrogen (secondary N) is 1. The number of carbonyl (C=O) groups is 1. The number of benzene rings is 2. The van der Waals surface area contributed by atoms with Crippen molar-refractivity contribution < 1.29 is 13.9 Å². The van der Waals surface area contributed by atoms with Crippen LogP contribution in [0, 0.1) is 5.82 Å². The molecule has 2 aromatic carbocycles. The smallest absolute Gasteiger partial charge is 0.244 e. The molecule has 6 nitrogen and oxygen atoms in total. The Bertz CT molecular complexity index is 1080. The Hall–Kier alpha value is -3.45. The van der Waals surface area contributed by atoms with Gasteiger partial charge in [-0.2, -0.15) is 5.10 Å². The summed E-state index contributed by atoms with van der Waals surface area (Å²) >= 11 is 0. The number of rotatable bonds is 6. The van der Waals surface area contributed by atoms with E-state index in [1.54, 1.807) is 29.1 Å². The van der Waals surface area contributed by atoms with Gasteiger partial charge in [0.05, 0.1) is 6.20 Å². The summed E-state index contributed by atoms with van der Waals surface area (Å²) in [5, 5.41) is 6.98. The standard InChI is InChI=1S/C24H25FN4O2/c1-28-15-18(14-27-28)10-11-24(30)26-12-13-29-16-19-6-2-5-9-22(19)31-23(17-29)20-7-3-4-8-21(20)25/h2-11,14-15,23H,12-13,16-17H2,1H3,(H,26,30)/b11-10+. The van der Waals surface area contributed by atoms with E-state index in [4.69, 9.17) is 4.74 Å². The number of hydrogen-bond donors (Lipinski definition) is 1. The molecule has 1 aliphatic rings. The van der Waals surface area contributed by atoms with Gasteiger partial charge >= 0.3 is 0 Å². The predicted molar refractivity (Wildman–Crippen MR) is 117 cm³/mol. The summed E-state index contributed by atoms with van der Waals surface area (Å²) in [7, 11) is 1.83. The number of carbonyl (C=O) groups excluding carboxylic acids is 1. The molecule has 3 aromatic rings. The van der Waals surface area contributed by atoms with Crippen LogP contribution < -0.4 is 10.1 Å². The minimum absolute atomic E-state index is 0.166. The first-order chi connectivity index (χ1) is 15.1. The van der Waals surface area contributed by atoms with E-state index in [2.05, 4.69) is 15.3 Å². The number of aromatic nitrogens is 2. The highest BCUT2D eigenvalue weighted by atomic mass is 19.1. The first-order valence-electron chi connectivity index (χ1n) is 10.2. The van der Waals surface area contributed by atoms with Gasteiger partial charge in [-0.25, -0.2) is 4.39 Å². The molecular formula is C24H25FN4O2. The van der Waals surface area contributed by atoms with E-state index in [1.165, 1.54) is 12.1 Å². The van der Waals surface area contributed by atoms with Gasteiger partial charge in [0.15, 0.2) is 0 Å². The second-order valence-electron chi connectivity index (χ2n) is 7.54. The number of aryl methyl sites for hydroxylation is 1. The second-order valence-corrected chi connectivity index (χ2v) is 7.54. The van der Waals surface area contributed by atoms with Crippen molar-refractivity contribution in [1.82, 2.24) is 20.0 Å². The molecule has 0 saturated heterocycles. The summed E-state index contributed by atoms with van der Waals surface area (Å²) < 4.78 is 22.3. The molecule has 1 unspecified atom stereocenters. The Morgan fingerprint density at radius 2 is 2.06 bits per heavy atom. The second kappa shape index (κ2) is 9.57. The highest BCUT2D eigenvalue weighted by Crippen LogP contribution is 2.31. The van der Waals surface area contributed by atoms with Crippen molar-refractivity contribution in [2.24, 2.45) is 7.05 Å². The molecule has 1 amide bonds. The summed E-state index contributed by atoms with van der Waals surface area (Å²) in [6.07, 6.45) is 6.33. The maximum atomic E-state index is 14.4. The summed E-state index contributed by atoms with van der Waals surface area (Å²) in [6, 6.07) is 14.5. The van der Waals surface area contributed by atoms with Crippen LogP contribution in [-0.4, -0.2) is 40.2 Å². The summed E-state index contributed by atoms with van der Waals surface area (Å²) in [5.74, 6) is 0.323. The van der Waals surface area contributed by atoms with Crippen molar-refractivity contribution >= 4 is 12.0 Å². The molecule has 1 aromatic heterocycles. The van der Waals surface area contributed by atoms with Crippen LogP contribution in [0.3, 0.4) is 0 Å². The Morgan fingerprint density at radius 1 is 1.26 bits per heavy atom. The normalized spacial score (nSPS) is 16.5. The van der Waals surface area contributed by atoms with Gasteiger partial charge in [0.2, 0.25) is 5.91 Å². The Kier molecular flexibility index (Phi) is 6.43. The fourth-order valence-corrected chi connectivity index (χ4v) is 3.64. The minimum atomic E-state index is -0.425. The number of halogens is 1. The van der Waals surface area contributed by atoms with Crippen LogP contribution in [0.2, 0.25) is 0 Å². The topological polar surface area (TPSA) is 59.4 Å². The van der Waals surface area contributed by atoms with Crippen LogP contribution in [0.5, 0.6) is 5.75 Å². The highest BCUT2D eigenvalue weighted by Gasteiger charge is 2.25. The summed E-state index contributed by atoms with van der Waals surface area (Å²) in [6.45, 7) is 2.29. The third-order valence-electron chi connectivity index (χ3n) is 5.19. The van der Waals surface area contributed by atoms with Crippen molar-refractivity contribution in [2.75, 3.05) is 19.6 Å². The number of amides is 1. The van der Waals surface area contributed by atoms with Crippen molar-refractivity contribution in [3.8, 4) is 5.75 Å². The lowest BCUT2D eigenvalue weighted by atomic mass is 10.1. The van der Waals surface area contributed by atoms with Gasteiger partial charge in [-0.3, -0.25) is 14.4 Å². The summed E-state index contributed by atoms with van der Waals surface area (Å²) in [4.78, 5) is 14.3. The van der Waals surface area contributed by atoms with Gasteiger partial charge in [-0.15, -0.1) is 0 Å². The number of para-hydroxylation sites is 1. The van der Waals surface area contributed by atoms with Crippen LogP contribution in [0.25, 0.3) is 6.08 Å². The number of fused-ring (bicyclic) bond motifs is 1. The fourth-order valence-electron chi connectivity index (χ4n) is 3.64. The first kappa shape index (κ1) is 20.8. The molecular weight excluding hydrogens is 395 g/mol. The molecule has 0 fully saturated rings. The Balaban J connectivity index is 1.40. The first-order valence-corrected chi connectivity index (χ1v) is 10.2. The number of ether oxygens (including phenoxy) is 1. The maximum Gasteiger partial charge on any atom is 0.244 e. The lowest BCUT2D eigenvalue weighted by molar-refractivity contribution is -0.116. The third kappa shape index (κ3) is 5.38. The van der Waals surface area contributed by atoms with E-state index in [0.717, 1.165) is 16.9 Å². The van der Waals surface area contributed by atoms with Gasteiger partial charge < -0.3 is 10.1 Å². The maximum absolute atomic E-state index is 14.4. The molecule has 1 atom stereocenters. The van der Waals surface area contributed by atoms with E-state index < -0.39 is 6.10 Å². The molecule has 1 N–H and O–H groups in total. The van der Waals surface area contributed by atoms with E-state index in [0.29, 0.717) is 31.7 Å². The zero-order valence-electron chi connectivity index (χ0n) is 17.4. The molecule has 0 saturated carbocycles. The zero-order chi connectivity index (χ0) is 21.6. The van der Waals surface area contributed by atoms with Crippen LogP contribution in [0.4, 0.5) is 4.39 Å². The number of hydrogen-bond acceptors (Lipinski definition) is 4. The van der Waals surface area contributed by atoms with Crippen molar-refractivity contribution in [3.63, 3.8) is 0 Å². The molecule has 7 heteroatoms. The average Bonchev–Trinajstić information content (AvgIpc) is 3.09. The summed E-state index contributed by atoms with van der Waals surface area (Å²) in [5.41, 5.74) is 2.45. The van der Waals surface area contributed by atoms with Gasteiger partial charge in [-0.05, 0) is 18.2 Å². The van der Waals surface area contributed by atoms with E-state index in [9.17, 15) is 9.18 Å². The third-order valence-corrected chi connectivity index (χ3v) is 5.19. The minimum Gasteiger partial charge on any atom is -0.484 e. The van der Waals surface area contributed by atoms with Crippen molar-refractivity contribution in [3.05, 3.63) is 89.5 Å². The van der Waals surface area contributed by atoms with Crippen LogP contribution in [0.1, 0.15) is 22.8 Å². The molecule has 31 heavy (non-hydrogen) atoms. The number of nitrogens with zero attached hydrogens (tertiary/aromatic N) is 3. The van der Waals surface area contributed by atoms with Crippen LogP contribution in [0.15, 0.2) is 67.0 Å². The highest BCUT2D eigenvalue weighted by molar-refractivity contribution is 5.91. The Labute approximate surface area is 180 Å². The molecule has 0 bridgehead atoms. The van der Waals surface area contributed by atoms with Gasteiger partial charge in [0, 0.05) is 62.2 Å². The van der Waals surface area contributed by atoms with Crippen molar-refractivity contribution in [1.29, 1.82) is 0 Å². The van der Waals surface area contributed by atoms with Gasteiger partial charge in [0.1, 0.15) is 17.7 Å². The molecule has 0 radical (unpaired) electrons. The average molecular weight is 420 g/mol. The van der Waals surface area contributed by atoms with Crippen LogP contribution >= 0.6 is 0 Å². The van der Waals surface area contributed by atoms with Crippen LogP contribution in [-0.2, 0) is 18.4 Å². The van der Waals surface area contributed by atoms with E-state index in [-0.39, 0.29) is 11.7 Å². The molecule has 0 aliphatic carbocycles. The fraction of sp³-hybridized carbons (Fsp3) is 0.250. The Morgan fingerprint density at radius 3 is 2.87 bits per heavy atom. The monoisotopic (exact) mass is 420 g/mol. The SMILES string of the molecule is Cn1cc(/C=C/C(=O)NCCN2Cc3ccccc3OC(c3ccccc3F)C2)cn1. The largest absolute Gasteiger partial charge is 0.484 e. The predicted octanol–water partition coefficient (Wildman–Crippen LogP) is 3.32. The van der Waals surface area contributed by atoms with E-state index >= 15 is 0 Å². The van der Waals surface area contributed by atoms with Gasteiger partial charge in [-0.1, -0.05) is 36.4 Å². The van der Waals surface area contributed by atoms with Crippen molar-refractivity contribution in [2.45, 2.75) is 12.6 Å². The lowest BCUT2D eigenvalue weighted by Crippen LogP contribution is -2.36. The molecule has 0 spiro atoms. The zero-order valence-corrected chi connectivity index (χ0v) is 17.4. The van der Waals surface area contributed by atoms with Gasteiger partial charge in [0.25, 0.3) is 0 Å².